The van der Waals surface area contributed by atoms with Crippen molar-refractivity contribution < 1.29 is 19.1 Å². The van der Waals surface area contributed by atoms with Crippen molar-refractivity contribution in [3.05, 3.63) is 0 Å². The van der Waals surface area contributed by atoms with Crippen LogP contribution in [-0.2, 0) is 19.1 Å². The largest absolute Gasteiger partial charge is 0.465 e. The minimum Gasteiger partial charge on any atom is -0.465 e. The van der Waals surface area contributed by atoms with Gasteiger partial charge in [0.2, 0.25) is 0 Å². The Kier molecular flexibility index (Phi) is 14.7. The SMILES string of the molecule is CCOC(=O)C(C(C(=O)OCC)N([Si](CC)(CC)CC)[Si](CC)(CC)CC)N([Si](C)(C)C)[Si](C)(C)C. The zero-order chi connectivity index (χ0) is 28.5. The molecule has 10 heteroatoms. The predicted octanol–water partition coefficient (Wildman–Crippen LogP) is 7.13. The topological polar surface area (TPSA) is 59.1 Å². The Labute approximate surface area is 228 Å². The first-order chi connectivity index (χ1) is 16.6. The molecular formula is C26H60N2O4Si4. The summed E-state index contributed by atoms with van der Waals surface area (Å²) in [7, 11) is -8.30. The number of rotatable bonds is 17. The molecule has 2 unspecified atom stereocenters. The first-order valence-corrected chi connectivity index (χ1v) is 26.5. The van der Waals surface area contributed by atoms with E-state index in [-0.39, 0.29) is 11.9 Å². The van der Waals surface area contributed by atoms with Crippen molar-refractivity contribution >= 4 is 44.9 Å². The third kappa shape index (κ3) is 7.88. The maximum Gasteiger partial charge on any atom is 0.324 e. The van der Waals surface area contributed by atoms with Crippen molar-refractivity contribution in [1.82, 2.24) is 8.46 Å². The molecule has 0 rings (SSSR count). The van der Waals surface area contributed by atoms with Crippen LogP contribution < -0.4 is 0 Å². The molecule has 0 spiro atoms. The van der Waals surface area contributed by atoms with Gasteiger partial charge in [0.1, 0.15) is 45.0 Å². The van der Waals surface area contributed by atoms with Gasteiger partial charge in [0, 0.05) is 0 Å². The number of ether oxygens (including phenoxy) is 2. The van der Waals surface area contributed by atoms with Crippen LogP contribution >= 0.6 is 0 Å². The minimum atomic E-state index is -2.11. The first-order valence-electron chi connectivity index (χ1n) is 14.5. The van der Waals surface area contributed by atoms with Gasteiger partial charge in [0.25, 0.3) is 0 Å². The monoisotopic (exact) mass is 576 g/mol. The van der Waals surface area contributed by atoms with E-state index in [1.807, 2.05) is 13.8 Å². The lowest BCUT2D eigenvalue weighted by atomic mass is 10.1. The van der Waals surface area contributed by atoms with Gasteiger partial charge in [-0.05, 0) is 50.1 Å². The highest BCUT2D eigenvalue weighted by Gasteiger charge is 2.58. The van der Waals surface area contributed by atoms with Crippen LogP contribution in [0.15, 0.2) is 0 Å². The summed E-state index contributed by atoms with van der Waals surface area (Å²) in [6.07, 6.45) is 0. The van der Waals surface area contributed by atoms with E-state index in [2.05, 4.69) is 89.3 Å². The Morgan fingerprint density at radius 3 is 0.972 bits per heavy atom. The highest BCUT2D eigenvalue weighted by molar-refractivity contribution is 6.93. The molecule has 0 saturated heterocycles. The van der Waals surface area contributed by atoms with Gasteiger partial charge in [-0.15, -0.1) is 0 Å². The zero-order valence-electron chi connectivity index (χ0n) is 26.3. The Morgan fingerprint density at radius 1 is 0.528 bits per heavy atom. The molecule has 0 fully saturated rings. The molecule has 0 N–H and O–H groups in total. The predicted molar refractivity (Wildman–Crippen MR) is 166 cm³/mol. The van der Waals surface area contributed by atoms with Gasteiger partial charge in [0.15, 0.2) is 0 Å². The molecule has 0 saturated carbocycles. The molecule has 0 aliphatic heterocycles. The summed E-state index contributed by atoms with van der Waals surface area (Å²) in [4.78, 5) is 28.4. The molecule has 0 aromatic carbocycles. The fraction of sp³-hybridized carbons (Fsp3) is 0.923. The van der Waals surface area contributed by atoms with Gasteiger partial charge >= 0.3 is 11.9 Å². The lowest BCUT2D eigenvalue weighted by molar-refractivity contribution is -0.157. The van der Waals surface area contributed by atoms with E-state index in [1.54, 1.807) is 0 Å². The van der Waals surface area contributed by atoms with Gasteiger partial charge in [-0.1, -0.05) is 80.8 Å². The number of carbonyl (C=O) groups excluding carboxylic acids is 2. The molecule has 0 heterocycles. The summed E-state index contributed by atoms with van der Waals surface area (Å²) in [6.45, 7) is 32.0. The van der Waals surface area contributed by atoms with E-state index in [9.17, 15) is 9.59 Å². The van der Waals surface area contributed by atoms with Crippen LogP contribution in [0.3, 0.4) is 0 Å². The molecule has 0 aromatic rings. The van der Waals surface area contributed by atoms with Gasteiger partial charge in [0.05, 0.1) is 13.2 Å². The molecule has 0 radical (unpaired) electrons. The van der Waals surface area contributed by atoms with Crippen LogP contribution in [0.1, 0.15) is 55.4 Å². The van der Waals surface area contributed by atoms with Crippen molar-refractivity contribution in [2.45, 2.75) is 143 Å². The molecule has 0 aromatic heterocycles. The van der Waals surface area contributed by atoms with E-state index in [1.165, 1.54) is 0 Å². The highest BCUT2D eigenvalue weighted by atomic mass is 28.4. The van der Waals surface area contributed by atoms with Gasteiger partial charge in [-0.25, -0.2) is 0 Å². The van der Waals surface area contributed by atoms with E-state index < -0.39 is 45.0 Å². The first kappa shape index (κ1) is 35.7. The summed E-state index contributed by atoms with van der Waals surface area (Å²) in [6, 6.07) is 5.18. The number of esters is 2. The number of carbonyl (C=O) groups is 2. The molecule has 36 heavy (non-hydrogen) atoms. The maximum absolute atomic E-state index is 14.3. The summed E-state index contributed by atoms with van der Waals surface area (Å²) in [5, 5.41) is 0. The lowest BCUT2D eigenvalue weighted by Gasteiger charge is -2.59. The normalized spacial score (nSPS) is 15.2. The van der Waals surface area contributed by atoms with Crippen LogP contribution in [0.5, 0.6) is 0 Å². The second-order valence-corrected chi connectivity index (χ2v) is 32.7. The zero-order valence-corrected chi connectivity index (χ0v) is 30.3. The average Bonchev–Trinajstić information content (AvgIpc) is 2.79. The molecule has 0 aliphatic rings. The third-order valence-electron chi connectivity index (χ3n) is 8.33. The summed E-state index contributed by atoms with van der Waals surface area (Å²) in [5.74, 6) is -0.473. The average molecular weight is 577 g/mol. The van der Waals surface area contributed by atoms with Crippen LogP contribution in [0.25, 0.3) is 0 Å². The molecule has 6 nitrogen and oxygen atoms in total. The Morgan fingerprint density at radius 2 is 0.778 bits per heavy atom. The fourth-order valence-electron chi connectivity index (χ4n) is 6.66. The maximum atomic E-state index is 14.3. The molecule has 0 amide bonds. The van der Waals surface area contributed by atoms with E-state index in [0.29, 0.717) is 13.2 Å². The minimum absolute atomic E-state index is 0.225. The van der Waals surface area contributed by atoms with Crippen molar-refractivity contribution in [2.75, 3.05) is 13.2 Å². The second kappa shape index (κ2) is 14.8. The molecule has 2 atom stereocenters. The van der Waals surface area contributed by atoms with Crippen molar-refractivity contribution in [2.24, 2.45) is 0 Å². The summed E-state index contributed by atoms with van der Waals surface area (Å²) >= 11 is 0. The molecule has 0 aliphatic carbocycles. The Hall–Kier alpha value is -0.272. The van der Waals surface area contributed by atoms with Gasteiger partial charge < -0.3 is 17.9 Å². The quantitative estimate of drug-likeness (QED) is 0.136. The van der Waals surface area contributed by atoms with Gasteiger partial charge in [-0.3, -0.25) is 9.59 Å². The standard InChI is InChI=1S/C26H60N2O4Si4/c1-15-31-25(29)23(27(33(9,10)11)34(12,13)14)24(26(30)32-16-2)28(35(17-3,18-4)19-5)36(20-6,21-7)22-8/h23-24H,15-22H2,1-14H3. The van der Waals surface area contributed by atoms with Crippen molar-refractivity contribution in [1.29, 1.82) is 0 Å². The lowest BCUT2D eigenvalue weighted by Crippen LogP contribution is -2.78. The second-order valence-electron chi connectivity index (χ2n) is 12.0. The Balaban J connectivity index is 7.90. The summed E-state index contributed by atoms with van der Waals surface area (Å²) < 4.78 is 17.0. The van der Waals surface area contributed by atoms with E-state index in [4.69, 9.17) is 9.47 Å². The van der Waals surface area contributed by atoms with E-state index >= 15 is 0 Å². The van der Waals surface area contributed by atoms with E-state index in [0.717, 1.165) is 36.3 Å². The Bertz CT molecular complexity index is 636. The smallest absolute Gasteiger partial charge is 0.324 e. The molecule has 0 bridgehead atoms. The number of hydrogen-bond acceptors (Lipinski definition) is 6. The van der Waals surface area contributed by atoms with Crippen LogP contribution in [-0.4, -0.2) is 78.6 Å². The summed E-state index contributed by atoms with van der Waals surface area (Å²) in [5.41, 5.74) is 0. The molecular weight excluding hydrogens is 517 g/mol. The van der Waals surface area contributed by atoms with Crippen molar-refractivity contribution in [3.63, 3.8) is 0 Å². The van der Waals surface area contributed by atoms with Crippen LogP contribution in [0.4, 0.5) is 0 Å². The van der Waals surface area contributed by atoms with Crippen molar-refractivity contribution in [3.8, 4) is 0 Å². The van der Waals surface area contributed by atoms with Crippen LogP contribution in [0, 0.1) is 0 Å². The van der Waals surface area contributed by atoms with Gasteiger partial charge in [-0.2, -0.15) is 0 Å². The number of nitrogens with zero attached hydrogens (tertiary/aromatic N) is 2. The van der Waals surface area contributed by atoms with Crippen LogP contribution in [0.2, 0.25) is 75.5 Å². The third-order valence-corrected chi connectivity index (χ3v) is 29.1. The molecule has 214 valence electrons. The highest BCUT2D eigenvalue weighted by Crippen LogP contribution is 2.41. The fourth-order valence-corrected chi connectivity index (χ4v) is 30.5. The number of hydrogen-bond donors (Lipinski definition) is 0.